The number of amides is 1. The third-order valence-electron chi connectivity index (χ3n) is 3.52. The zero-order chi connectivity index (χ0) is 13.7. The van der Waals surface area contributed by atoms with Crippen LogP contribution in [0.5, 0.6) is 0 Å². The van der Waals surface area contributed by atoms with Crippen LogP contribution < -0.4 is 5.32 Å². The highest BCUT2D eigenvalue weighted by Gasteiger charge is 2.23. The van der Waals surface area contributed by atoms with Crippen LogP contribution in [0.25, 0.3) is 0 Å². The summed E-state index contributed by atoms with van der Waals surface area (Å²) in [6.45, 7) is 4.63. The van der Waals surface area contributed by atoms with E-state index in [2.05, 4.69) is 10.4 Å². The highest BCUT2D eigenvalue weighted by molar-refractivity contribution is 5.67. The lowest BCUT2D eigenvalue weighted by Gasteiger charge is -2.31. The van der Waals surface area contributed by atoms with Gasteiger partial charge in [0.05, 0.1) is 12.3 Å². The Labute approximate surface area is 113 Å². The first-order chi connectivity index (χ1) is 9.20. The molecule has 0 radical (unpaired) electrons. The van der Waals surface area contributed by atoms with Crippen LogP contribution >= 0.6 is 0 Å². The first kappa shape index (κ1) is 13.9. The lowest BCUT2D eigenvalue weighted by atomic mass is 10.1. The monoisotopic (exact) mass is 266 g/mol. The molecule has 19 heavy (non-hydrogen) atoms. The molecule has 1 fully saturated rings. The topological polar surface area (TPSA) is 59.4 Å². The molecule has 0 aromatic carbocycles. The highest BCUT2D eigenvalue weighted by atomic mass is 16.6. The van der Waals surface area contributed by atoms with Crippen molar-refractivity contribution >= 4 is 6.09 Å². The minimum absolute atomic E-state index is 0.187. The van der Waals surface area contributed by atoms with Crippen molar-refractivity contribution in [2.75, 3.05) is 19.7 Å². The van der Waals surface area contributed by atoms with Gasteiger partial charge in [-0.2, -0.15) is 5.10 Å². The SMILES string of the molecule is CCOC(=O)N1CCC(NCc2ccnn2C)CC1. The maximum absolute atomic E-state index is 11.6. The van der Waals surface area contributed by atoms with E-state index in [1.807, 2.05) is 24.7 Å². The molecule has 6 heteroatoms. The molecule has 2 heterocycles. The number of aryl methyl sites for hydroxylation is 1. The molecular formula is C13H22N4O2. The van der Waals surface area contributed by atoms with Crippen molar-refractivity contribution in [3.63, 3.8) is 0 Å². The van der Waals surface area contributed by atoms with Gasteiger partial charge < -0.3 is 15.0 Å². The van der Waals surface area contributed by atoms with Crippen molar-refractivity contribution in [2.24, 2.45) is 7.05 Å². The van der Waals surface area contributed by atoms with Gasteiger partial charge in [0.1, 0.15) is 0 Å². The van der Waals surface area contributed by atoms with E-state index < -0.39 is 0 Å². The Morgan fingerprint density at radius 3 is 2.84 bits per heavy atom. The smallest absolute Gasteiger partial charge is 0.409 e. The first-order valence-corrected chi connectivity index (χ1v) is 6.82. The van der Waals surface area contributed by atoms with Gasteiger partial charge in [0.15, 0.2) is 0 Å². The molecule has 0 atom stereocenters. The van der Waals surface area contributed by atoms with E-state index in [4.69, 9.17) is 4.74 Å². The minimum atomic E-state index is -0.187. The fraction of sp³-hybridized carbons (Fsp3) is 0.692. The van der Waals surface area contributed by atoms with Crippen molar-refractivity contribution in [3.05, 3.63) is 18.0 Å². The Bertz CT molecular complexity index is 411. The quantitative estimate of drug-likeness (QED) is 0.887. The lowest BCUT2D eigenvalue weighted by molar-refractivity contribution is 0.0949. The number of ether oxygens (including phenoxy) is 1. The second-order valence-corrected chi connectivity index (χ2v) is 4.79. The number of nitrogens with zero attached hydrogens (tertiary/aromatic N) is 3. The molecule has 1 saturated heterocycles. The Morgan fingerprint density at radius 2 is 2.26 bits per heavy atom. The third kappa shape index (κ3) is 3.70. The summed E-state index contributed by atoms with van der Waals surface area (Å²) in [6, 6.07) is 2.47. The van der Waals surface area contributed by atoms with Crippen molar-refractivity contribution in [1.29, 1.82) is 0 Å². The Morgan fingerprint density at radius 1 is 1.53 bits per heavy atom. The van der Waals surface area contributed by atoms with Gasteiger partial charge in [0.2, 0.25) is 0 Å². The Balaban J connectivity index is 1.72. The van der Waals surface area contributed by atoms with Gasteiger partial charge in [-0.3, -0.25) is 4.68 Å². The minimum Gasteiger partial charge on any atom is -0.450 e. The summed E-state index contributed by atoms with van der Waals surface area (Å²) in [4.78, 5) is 13.3. The zero-order valence-corrected chi connectivity index (χ0v) is 11.6. The van der Waals surface area contributed by atoms with E-state index in [1.165, 1.54) is 5.69 Å². The molecule has 1 N–H and O–H groups in total. The van der Waals surface area contributed by atoms with Crippen molar-refractivity contribution in [2.45, 2.75) is 32.4 Å². The van der Waals surface area contributed by atoms with E-state index in [-0.39, 0.29) is 6.09 Å². The molecule has 1 aromatic heterocycles. The molecule has 2 rings (SSSR count). The molecule has 1 amide bonds. The highest BCUT2D eigenvalue weighted by Crippen LogP contribution is 2.12. The molecular weight excluding hydrogens is 244 g/mol. The molecule has 0 unspecified atom stereocenters. The summed E-state index contributed by atoms with van der Waals surface area (Å²) in [5.41, 5.74) is 1.17. The summed E-state index contributed by atoms with van der Waals surface area (Å²) in [5.74, 6) is 0. The van der Waals surface area contributed by atoms with Crippen LogP contribution in [0.1, 0.15) is 25.5 Å². The normalized spacial score (nSPS) is 16.6. The summed E-state index contributed by atoms with van der Waals surface area (Å²) in [7, 11) is 1.94. The van der Waals surface area contributed by atoms with Crippen LogP contribution in [0.15, 0.2) is 12.3 Å². The van der Waals surface area contributed by atoms with Crippen molar-refractivity contribution in [1.82, 2.24) is 20.0 Å². The second-order valence-electron chi connectivity index (χ2n) is 4.79. The maximum Gasteiger partial charge on any atom is 0.409 e. The Kier molecular flexibility index (Phi) is 4.79. The molecule has 0 saturated carbocycles. The van der Waals surface area contributed by atoms with Gasteiger partial charge >= 0.3 is 6.09 Å². The van der Waals surface area contributed by atoms with E-state index in [1.54, 1.807) is 11.1 Å². The number of rotatable bonds is 4. The molecule has 106 valence electrons. The van der Waals surface area contributed by atoms with Crippen LogP contribution in [0.3, 0.4) is 0 Å². The number of piperidine rings is 1. The molecule has 1 aliphatic heterocycles. The van der Waals surface area contributed by atoms with Crippen LogP contribution in [0.4, 0.5) is 4.79 Å². The van der Waals surface area contributed by atoms with Crippen LogP contribution in [-0.2, 0) is 18.3 Å². The summed E-state index contributed by atoms with van der Waals surface area (Å²) >= 11 is 0. The van der Waals surface area contributed by atoms with Gasteiger partial charge in [0, 0.05) is 38.9 Å². The fourth-order valence-electron chi connectivity index (χ4n) is 2.30. The van der Waals surface area contributed by atoms with Crippen molar-refractivity contribution < 1.29 is 9.53 Å². The molecule has 0 bridgehead atoms. The molecule has 0 spiro atoms. The molecule has 1 aromatic rings. The van der Waals surface area contributed by atoms with Crippen LogP contribution in [0.2, 0.25) is 0 Å². The number of carbonyl (C=O) groups is 1. The largest absolute Gasteiger partial charge is 0.450 e. The average Bonchev–Trinajstić information content (AvgIpc) is 2.83. The molecule has 6 nitrogen and oxygen atoms in total. The number of aromatic nitrogens is 2. The summed E-state index contributed by atoms with van der Waals surface area (Å²) in [5, 5.41) is 7.66. The number of hydrogen-bond donors (Lipinski definition) is 1. The number of hydrogen-bond acceptors (Lipinski definition) is 4. The van der Waals surface area contributed by atoms with Crippen molar-refractivity contribution in [3.8, 4) is 0 Å². The standard InChI is InChI=1S/C13H22N4O2/c1-3-19-13(18)17-8-5-11(6-9-17)14-10-12-4-7-15-16(12)2/h4,7,11,14H,3,5-6,8-10H2,1-2H3. The summed E-state index contributed by atoms with van der Waals surface area (Å²) in [6.07, 6.45) is 3.56. The second kappa shape index (κ2) is 6.56. The molecule has 0 aliphatic carbocycles. The van der Waals surface area contributed by atoms with E-state index in [9.17, 15) is 4.79 Å². The van der Waals surface area contributed by atoms with E-state index >= 15 is 0 Å². The first-order valence-electron chi connectivity index (χ1n) is 6.82. The predicted molar refractivity (Wildman–Crippen MR) is 71.7 cm³/mol. The zero-order valence-electron chi connectivity index (χ0n) is 11.6. The lowest BCUT2D eigenvalue weighted by Crippen LogP contribution is -2.45. The van der Waals surface area contributed by atoms with Gasteiger partial charge in [-0.1, -0.05) is 0 Å². The summed E-state index contributed by atoms with van der Waals surface area (Å²) < 4.78 is 6.88. The number of carbonyl (C=O) groups excluding carboxylic acids is 1. The van der Waals surface area contributed by atoms with Gasteiger partial charge in [-0.05, 0) is 25.8 Å². The Hall–Kier alpha value is -1.56. The van der Waals surface area contributed by atoms with Crippen LogP contribution in [0, 0.1) is 0 Å². The number of nitrogens with one attached hydrogen (secondary N) is 1. The molecule has 1 aliphatic rings. The van der Waals surface area contributed by atoms with Gasteiger partial charge in [-0.25, -0.2) is 4.79 Å². The van der Waals surface area contributed by atoms with E-state index in [0.717, 1.165) is 32.5 Å². The maximum atomic E-state index is 11.6. The number of likely N-dealkylation sites (tertiary alicyclic amines) is 1. The van der Waals surface area contributed by atoms with Crippen LogP contribution in [-0.4, -0.2) is 46.5 Å². The average molecular weight is 266 g/mol. The van der Waals surface area contributed by atoms with E-state index in [0.29, 0.717) is 12.6 Å². The van der Waals surface area contributed by atoms with Gasteiger partial charge in [0.25, 0.3) is 0 Å². The third-order valence-corrected chi connectivity index (χ3v) is 3.52. The predicted octanol–water partition coefficient (Wildman–Crippen LogP) is 1.13. The fourth-order valence-corrected chi connectivity index (χ4v) is 2.30. The van der Waals surface area contributed by atoms with Gasteiger partial charge in [-0.15, -0.1) is 0 Å².